The van der Waals surface area contributed by atoms with Crippen LogP contribution < -0.4 is 0 Å². The van der Waals surface area contributed by atoms with E-state index in [4.69, 9.17) is 8.94 Å². The molecule has 0 aliphatic carbocycles. The number of halogens is 1. The summed E-state index contributed by atoms with van der Waals surface area (Å²) >= 11 is 4.86. The number of benzene rings is 1. The van der Waals surface area contributed by atoms with Gasteiger partial charge in [0.25, 0.3) is 0 Å². The lowest BCUT2D eigenvalue weighted by Crippen LogP contribution is -2.04. The standard InChI is InChI=1S/C18H16BrN5O2S/c1-11(17-20-12(2)23-26-17)27-18-22-21-16(14-8-9-15(19)25-14)24(18)10-13-6-4-3-5-7-13/h3-9,11H,10H2,1-2H3/t11-/m1/s1. The van der Waals surface area contributed by atoms with E-state index in [9.17, 15) is 0 Å². The molecule has 3 heterocycles. The predicted molar refractivity (Wildman–Crippen MR) is 104 cm³/mol. The van der Waals surface area contributed by atoms with E-state index in [1.807, 2.05) is 41.8 Å². The number of aromatic nitrogens is 5. The first-order valence-corrected chi connectivity index (χ1v) is 9.97. The van der Waals surface area contributed by atoms with Crippen LogP contribution in [0.1, 0.15) is 29.5 Å². The van der Waals surface area contributed by atoms with Crippen LogP contribution in [0.15, 0.2) is 61.2 Å². The van der Waals surface area contributed by atoms with Gasteiger partial charge in [-0.3, -0.25) is 4.57 Å². The monoisotopic (exact) mass is 445 g/mol. The summed E-state index contributed by atoms with van der Waals surface area (Å²) in [5.74, 6) is 2.50. The number of thioether (sulfide) groups is 1. The summed E-state index contributed by atoms with van der Waals surface area (Å²) < 4.78 is 13.7. The molecule has 0 bridgehead atoms. The Morgan fingerprint density at radius 1 is 1.15 bits per heavy atom. The second kappa shape index (κ2) is 7.69. The number of furan rings is 1. The SMILES string of the molecule is Cc1noc([C@@H](C)Sc2nnc(-c3ccc(Br)o3)n2Cc2ccccc2)n1. The van der Waals surface area contributed by atoms with Crippen molar-refractivity contribution in [2.75, 3.05) is 0 Å². The van der Waals surface area contributed by atoms with Crippen molar-refractivity contribution in [2.45, 2.75) is 30.8 Å². The second-order valence-electron chi connectivity index (χ2n) is 5.92. The topological polar surface area (TPSA) is 82.8 Å². The van der Waals surface area contributed by atoms with Gasteiger partial charge < -0.3 is 8.94 Å². The first-order chi connectivity index (χ1) is 13.1. The number of nitrogens with zero attached hydrogens (tertiary/aromatic N) is 5. The van der Waals surface area contributed by atoms with Crippen molar-refractivity contribution in [2.24, 2.45) is 0 Å². The molecule has 27 heavy (non-hydrogen) atoms. The average Bonchev–Trinajstić information content (AvgIpc) is 3.37. The van der Waals surface area contributed by atoms with E-state index in [1.54, 1.807) is 6.92 Å². The molecule has 1 aromatic carbocycles. The van der Waals surface area contributed by atoms with Crippen molar-refractivity contribution in [3.8, 4) is 11.6 Å². The summed E-state index contributed by atoms with van der Waals surface area (Å²) in [6.07, 6.45) is 0. The van der Waals surface area contributed by atoms with E-state index in [0.717, 1.165) is 10.7 Å². The molecule has 0 aliphatic heterocycles. The molecule has 0 unspecified atom stereocenters. The number of aryl methyl sites for hydroxylation is 1. The maximum atomic E-state index is 5.70. The molecule has 7 nitrogen and oxygen atoms in total. The van der Waals surface area contributed by atoms with Gasteiger partial charge in [-0.2, -0.15) is 4.98 Å². The molecule has 3 aromatic heterocycles. The summed E-state index contributed by atoms with van der Waals surface area (Å²) in [4.78, 5) is 4.31. The maximum Gasteiger partial charge on any atom is 0.239 e. The summed E-state index contributed by atoms with van der Waals surface area (Å²) in [7, 11) is 0. The van der Waals surface area contributed by atoms with E-state index in [-0.39, 0.29) is 5.25 Å². The minimum absolute atomic E-state index is 0.0545. The van der Waals surface area contributed by atoms with Crippen LogP contribution in [0.4, 0.5) is 0 Å². The fraction of sp³-hybridized carbons (Fsp3) is 0.222. The summed E-state index contributed by atoms with van der Waals surface area (Å²) in [6, 6.07) is 13.9. The van der Waals surface area contributed by atoms with Crippen LogP contribution in [-0.2, 0) is 6.54 Å². The molecule has 138 valence electrons. The summed E-state index contributed by atoms with van der Waals surface area (Å²) in [5.41, 5.74) is 1.15. The Balaban J connectivity index is 1.69. The number of hydrogen-bond donors (Lipinski definition) is 0. The molecule has 0 radical (unpaired) electrons. The smallest absolute Gasteiger partial charge is 0.239 e. The number of rotatable bonds is 6. The zero-order valence-electron chi connectivity index (χ0n) is 14.7. The maximum absolute atomic E-state index is 5.70. The van der Waals surface area contributed by atoms with Crippen molar-refractivity contribution in [1.29, 1.82) is 0 Å². The Hall–Kier alpha value is -2.39. The molecule has 0 saturated carbocycles. The quantitative estimate of drug-likeness (QED) is 0.390. The van der Waals surface area contributed by atoms with Crippen LogP contribution in [0.25, 0.3) is 11.6 Å². The van der Waals surface area contributed by atoms with Crippen molar-refractivity contribution in [3.05, 3.63) is 64.4 Å². The Labute approximate surface area is 168 Å². The first kappa shape index (κ1) is 18.0. The van der Waals surface area contributed by atoms with Crippen LogP contribution in [0.3, 0.4) is 0 Å². The Morgan fingerprint density at radius 2 is 1.96 bits per heavy atom. The van der Waals surface area contributed by atoms with Crippen LogP contribution in [0.5, 0.6) is 0 Å². The van der Waals surface area contributed by atoms with E-state index in [1.165, 1.54) is 11.8 Å². The van der Waals surface area contributed by atoms with Crippen molar-refractivity contribution in [1.82, 2.24) is 24.9 Å². The molecular weight excluding hydrogens is 430 g/mol. The lowest BCUT2D eigenvalue weighted by molar-refractivity contribution is 0.376. The lowest BCUT2D eigenvalue weighted by atomic mass is 10.2. The third kappa shape index (κ3) is 3.98. The third-order valence-electron chi connectivity index (χ3n) is 3.87. The van der Waals surface area contributed by atoms with Crippen LogP contribution in [-0.4, -0.2) is 24.9 Å². The molecule has 0 amide bonds. The van der Waals surface area contributed by atoms with Gasteiger partial charge in [-0.1, -0.05) is 47.3 Å². The second-order valence-corrected chi connectivity index (χ2v) is 8.01. The van der Waals surface area contributed by atoms with Gasteiger partial charge >= 0.3 is 0 Å². The van der Waals surface area contributed by atoms with Gasteiger partial charge in [0, 0.05) is 0 Å². The van der Waals surface area contributed by atoms with Gasteiger partial charge in [0.05, 0.1) is 11.8 Å². The average molecular weight is 446 g/mol. The predicted octanol–water partition coefficient (Wildman–Crippen LogP) is 4.89. The lowest BCUT2D eigenvalue weighted by Gasteiger charge is -2.11. The highest BCUT2D eigenvalue weighted by Gasteiger charge is 2.22. The van der Waals surface area contributed by atoms with Gasteiger partial charge in [-0.15, -0.1) is 10.2 Å². The van der Waals surface area contributed by atoms with Gasteiger partial charge in [-0.25, -0.2) is 0 Å². The fourth-order valence-electron chi connectivity index (χ4n) is 2.59. The Bertz CT molecular complexity index is 1040. The zero-order valence-corrected chi connectivity index (χ0v) is 17.1. The van der Waals surface area contributed by atoms with E-state index in [0.29, 0.717) is 34.5 Å². The van der Waals surface area contributed by atoms with Crippen molar-refractivity contribution < 1.29 is 8.94 Å². The normalized spacial score (nSPS) is 12.4. The van der Waals surface area contributed by atoms with Gasteiger partial charge in [-0.05, 0) is 47.5 Å². The van der Waals surface area contributed by atoms with E-state index >= 15 is 0 Å². The highest BCUT2D eigenvalue weighted by Crippen LogP contribution is 2.35. The van der Waals surface area contributed by atoms with Gasteiger partial charge in [0.15, 0.2) is 21.4 Å². The molecule has 4 rings (SSSR count). The third-order valence-corrected chi connectivity index (χ3v) is 5.36. The molecule has 9 heteroatoms. The number of hydrogen-bond acceptors (Lipinski definition) is 7. The van der Waals surface area contributed by atoms with Gasteiger partial charge in [0.2, 0.25) is 11.7 Å². The summed E-state index contributed by atoms with van der Waals surface area (Å²) in [5, 5.41) is 13.3. The van der Waals surface area contributed by atoms with Crippen LogP contribution in [0.2, 0.25) is 0 Å². The molecule has 0 N–H and O–H groups in total. The molecule has 4 aromatic rings. The summed E-state index contributed by atoms with van der Waals surface area (Å²) in [6.45, 7) is 4.43. The molecule has 0 saturated heterocycles. The van der Waals surface area contributed by atoms with Crippen LogP contribution in [0, 0.1) is 6.92 Å². The minimum atomic E-state index is -0.0545. The molecule has 0 spiro atoms. The van der Waals surface area contributed by atoms with Crippen molar-refractivity contribution in [3.63, 3.8) is 0 Å². The van der Waals surface area contributed by atoms with E-state index < -0.39 is 0 Å². The highest BCUT2D eigenvalue weighted by atomic mass is 79.9. The molecular formula is C18H16BrN5O2S. The Kier molecular flexibility index (Phi) is 5.13. The Morgan fingerprint density at radius 3 is 2.63 bits per heavy atom. The molecule has 0 aliphatic rings. The van der Waals surface area contributed by atoms with Crippen molar-refractivity contribution >= 4 is 27.7 Å². The first-order valence-electron chi connectivity index (χ1n) is 8.30. The zero-order chi connectivity index (χ0) is 18.8. The highest BCUT2D eigenvalue weighted by molar-refractivity contribution is 9.10. The fourth-order valence-corrected chi connectivity index (χ4v) is 3.77. The minimum Gasteiger partial charge on any atom is -0.446 e. The largest absolute Gasteiger partial charge is 0.446 e. The van der Waals surface area contributed by atoms with Crippen LogP contribution >= 0.6 is 27.7 Å². The molecule has 0 fully saturated rings. The van der Waals surface area contributed by atoms with E-state index in [2.05, 4.69) is 48.4 Å². The van der Waals surface area contributed by atoms with Gasteiger partial charge in [0.1, 0.15) is 0 Å². The molecule has 1 atom stereocenters.